The Balaban J connectivity index is 1.83. The van der Waals surface area contributed by atoms with E-state index in [4.69, 9.17) is 16.3 Å². The molecule has 1 amide bonds. The summed E-state index contributed by atoms with van der Waals surface area (Å²) in [5.74, 6) is -0.00656. The van der Waals surface area contributed by atoms with Gasteiger partial charge in [0.2, 0.25) is 0 Å². The lowest BCUT2D eigenvalue weighted by Gasteiger charge is -2.09. The van der Waals surface area contributed by atoms with Crippen molar-refractivity contribution in [3.63, 3.8) is 0 Å². The van der Waals surface area contributed by atoms with Crippen LogP contribution >= 0.6 is 11.6 Å². The minimum atomic E-state index is -0.358. The molecule has 0 fully saturated rings. The predicted molar refractivity (Wildman–Crippen MR) is 97.4 cm³/mol. The molecule has 0 aliphatic rings. The van der Waals surface area contributed by atoms with Gasteiger partial charge in [-0.3, -0.25) is 4.79 Å². The van der Waals surface area contributed by atoms with Gasteiger partial charge in [0.25, 0.3) is 5.91 Å². The van der Waals surface area contributed by atoms with Crippen LogP contribution in [0.2, 0.25) is 5.15 Å². The van der Waals surface area contributed by atoms with E-state index >= 15 is 0 Å². The third kappa shape index (κ3) is 3.55. The van der Waals surface area contributed by atoms with Crippen LogP contribution in [0, 0.1) is 12.7 Å². The number of rotatable bonds is 5. The summed E-state index contributed by atoms with van der Waals surface area (Å²) >= 11 is 6.36. The highest BCUT2D eigenvalue weighted by atomic mass is 35.5. The quantitative estimate of drug-likeness (QED) is 0.737. The second-order valence-corrected chi connectivity index (χ2v) is 5.99. The molecule has 2 aromatic carbocycles. The number of aromatic nitrogens is 2. The van der Waals surface area contributed by atoms with Gasteiger partial charge in [-0.05, 0) is 37.3 Å². The van der Waals surface area contributed by atoms with Crippen molar-refractivity contribution in [3.8, 4) is 11.4 Å². The summed E-state index contributed by atoms with van der Waals surface area (Å²) in [6.45, 7) is 1.99. The van der Waals surface area contributed by atoms with Gasteiger partial charge in [0.05, 0.1) is 24.1 Å². The molecule has 5 nitrogen and oxygen atoms in total. The van der Waals surface area contributed by atoms with Gasteiger partial charge in [0.15, 0.2) is 0 Å². The topological polar surface area (TPSA) is 56.1 Å². The number of hydrogen-bond acceptors (Lipinski definition) is 3. The monoisotopic (exact) mass is 373 g/mol. The lowest BCUT2D eigenvalue weighted by molar-refractivity contribution is 0.0950. The molecule has 7 heteroatoms. The van der Waals surface area contributed by atoms with Crippen LogP contribution in [-0.2, 0) is 6.54 Å². The fourth-order valence-corrected chi connectivity index (χ4v) is 2.98. The molecule has 1 N–H and O–H groups in total. The second-order valence-electron chi connectivity index (χ2n) is 5.63. The van der Waals surface area contributed by atoms with E-state index in [1.807, 2.05) is 24.3 Å². The second kappa shape index (κ2) is 7.58. The minimum absolute atomic E-state index is 0.173. The highest BCUT2D eigenvalue weighted by Gasteiger charge is 2.21. The summed E-state index contributed by atoms with van der Waals surface area (Å²) in [5.41, 5.74) is 2.19. The van der Waals surface area contributed by atoms with Crippen LogP contribution in [-0.4, -0.2) is 22.8 Å². The normalized spacial score (nSPS) is 10.6. The van der Waals surface area contributed by atoms with E-state index in [0.29, 0.717) is 23.7 Å². The maximum Gasteiger partial charge on any atom is 0.256 e. The van der Waals surface area contributed by atoms with E-state index < -0.39 is 0 Å². The molecule has 0 radical (unpaired) electrons. The Morgan fingerprint density at radius 1 is 1.23 bits per heavy atom. The van der Waals surface area contributed by atoms with Gasteiger partial charge in [-0.25, -0.2) is 9.07 Å². The number of nitrogens with zero attached hydrogens (tertiary/aromatic N) is 2. The summed E-state index contributed by atoms with van der Waals surface area (Å²) < 4.78 is 19.8. The van der Waals surface area contributed by atoms with Crippen molar-refractivity contribution in [1.82, 2.24) is 15.1 Å². The number of hydrogen-bond donors (Lipinski definition) is 1. The Labute approximate surface area is 155 Å². The highest BCUT2D eigenvalue weighted by Crippen LogP contribution is 2.24. The van der Waals surface area contributed by atoms with E-state index in [1.54, 1.807) is 26.2 Å². The molecule has 0 bridgehead atoms. The number of methoxy groups -OCH3 is 1. The van der Waals surface area contributed by atoms with E-state index in [9.17, 15) is 9.18 Å². The van der Waals surface area contributed by atoms with E-state index in [2.05, 4.69) is 10.4 Å². The molecule has 0 aliphatic heterocycles. The zero-order valence-electron chi connectivity index (χ0n) is 14.3. The maximum atomic E-state index is 13.1. The number of carbonyl (C=O) groups is 1. The van der Waals surface area contributed by atoms with Crippen LogP contribution in [0.4, 0.5) is 4.39 Å². The summed E-state index contributed by atoms with van der Waals surface area (Å²) in [4.78, 5) is 12.6. The number of aryl methyl sites for hydroxylation is 1. The Morgan fingerprint density at radius 3 is 2.62 bits per heavy atom. The number of halogens is 2. The fraction of sp³-hybridized carbons (Fsp3) is 0.158. The van der Waals surface area contributed by atoms with Gasteiger partial charge in [0, 0.05) is 12.1 Å². The number of ether oxygens (including phenoxy) is 1. The first kappa shape index (κ1) is 17.9. The first-order valence-corrected chi connectivity index (χ1v) is 8.30. The van der Waals surface area contributed by atoms with Crippen molar-refractivity contribution in [2.75, 3.05) is 7.11 Å². The molecular formula is C19H17ClFN3O2. The molecule has 0 spiro atoms. The molecule has 0 saturated carbocycles. The summed E-state index contributed by atoms with van der Waals surface area (Å²) in [5, 5.41) is 7.30. The average molecular weight is 374 g/mol. The van der Waals surface area contributed by atoms with Crippen molar-refractivity contribution in [3.05, 3.63) is 76.3 Å². The van der Waals surface area contributed by atoms with Crippen LogP contribution in [0.1, 0.15) is 21.6 Å². The smallest absolute Gasteiger partial charge is 0.256 e. The van der Waals surface area contributed by atoms with E-state index in [1.165, 1.54) is 16.8 Å². The number of nitrogens with one attached hydrogen (secondary N) is 1. The zero-order chi connectivity index (χ0) is 18.7. The standard InChI is InChI=1S/C19H17ClFN3O2/c1-12-17(18(20)24(23-12)15-9-7-14(21)8-10-15)19(25)22-11-13-5-3-4-6-16(13)26-2/h3-10H,11H2,1-2H3,(H,22,25). The average Bonchev–Trinajstić information content (AvgIpc) is 2.95. The van der Waals surface area contributed by atoms with Crippen LogP contribution < -0.4 is 10.1 Å². The number of amides is 1. The van der Waals surface area contributed by atoms with Crippen LogP contribution in [0.15, 0.2) is 48.5 Å². The molecular weight excluding hydrogens is 357 g/mol. The molecule has 0 aliphatic carbocycles. The third-order valence-electron chi connectivity index (χ3n) is 3.93. The number of benzene rings is 2. The lowest BCUT2D eigenvalue weighted by atomic mass is 10.2. The van der Waals surface area contributed by atoms with E-state index in [0.717, 1.165) is 5.56 Å². The van der Waals surface area contributed by atoms with Crippen LogP contribution in [0.5, 0.6) is 5.75 Å². The molecule has 1 aromatic heterocycles. The first-order chi connectivity index (χ1) is 12.5. The molecule has 0 unspecified atom stereocenters. The van der Waals surface area contributed by atoms with E-state index in [-0.39, 0.29) is 22.4 Å². The van der Waals surface area contributed by atoms with Gasteiger partial charge in [-0.2, -0.15) is 5.10 Å². The number of para-hydroxylation sites is 1. The number of carbonyl (C=O) groups excluding carboxylic acids is 1. The predicted octanol–water partition coefficient (Wildman–Crippen LogP) is 3.91. The van der Waals surface area contributed by atoms with Crippen molar-refractivity contribution >= 4 is 17.5 Å². The first-order valence-electron chi connectivity index (χ1n) is 7.92. The Bertz CT molecular complexity index is 938. The van der Waals surface area contributed by atoms with Gasteiger partial charge in [0.1, 0.15) is 16.7 Å². The van der Waals surface area contributed by atoms with Crippen LogP contribution in [0.25, 0.3) is 5.69 Å². The van der Waals surface area contributed by atoms with Gasteiger partial charge in [-0.1, -0.05) is 29.8 Å². The Hall–Kier alpha value is -2.86. The largest absolute Gasteiger partial charge is 0.496 e. The molecule has 3 aromatic rings. The van der Waals surface area contributed by atoms with Gasteiger partial charge < -0.3 is 10.1 Å². The van der Waals surface area contributed by atoms with Gasteiger partial charge >= 0.3 is 0 Å². The molecule has 0 atom stereocenters. The highest BCUT2D eigenvalue weighted by molar-refractivity contribution is 6.33. The molecule has 3 rings (SSSR count). The van der Waals surface area contributed by atoms with Crippen molar-refractivity contribution in [2.45, 2.75) is 13.5 Å². The van der Waals surface area contributed by atoms with Crippen molar-refractivity contribution in [2.24, 2.45) is 0 Å². The van der Waals surface area contributed by atoms with Crippen LogP contribution in [0.3, 0.4) is 0 Å². The van der Waals surface area contributed by atoms with Crippen molar-refractivity contribution < 1.29 is 13.9 Å². The molecule has 134 valence electrons. The molecule has 1 heterocycles. The maximum absolute atomic E-state index is 13.1. The van der Waals surface area contributed by atoms with Crippen molar-refractivity contribution in [1.29, 1.82) is 0 Å². The van der Waals surface area contributed by atoms with Gasteiger partial charge in [-0.15, -0.1) is 0 Å². The summed E-state index contributed by atoms with van der Waals surface area (Å²) in [6.07, 6.45) is 0. The Morgan fingerprint density at radius 2 is 1.92 bits per heavy atom. The lowest BCUT2D eigenvalue weighted by Crippen LogP contribution is -2.23. The fourth-order valence-electron chi connectivity index (χ4n) is 2.62. The molecule has 26 heavy (non-hydrogen) atoms. The minimum Gasteiger partial charge on any atom is -0.496 e. The third-order valence-corrected chi connectivity index (χ3v) is 4.28. The zero-order valence-corrected chi connectivity index (χ0v) is 15.0. The SMILES string of the molecule is COc1ccccc1CNC(=O)c1c(C)nn(-c2ccc(F)cc2)c1Cl. The molecule has 0 saturated heterocycles. The Kier molecular flexibility index (Phi) is 5.23. The summed E-state index contributed by atoms with van der Waals surface area (Å²) in [7, 11) is 1.58. The summed E-state index contributed by atoms with van der Waals surface area (Å²) in [6, 6.07) is 13.1.